The summed E-state index contributed by atoms with van der Waals surface area (Å²) in [4.78, 5) is 3.98. The van der Waals surface area contributed by atoms with Gasteiger partial charge in [-0.1, -0.05) is 18.5 Å². The number of pyridine rings is 1. The SMILES string of the molecule is CCCNC1CCC(O)(Cc2ccncc2Cl)CC1. The second-order valence-electron chi connectivity index (χ2n) is 5.60. The van der Waals surface area contributed by atoms with Crippen LogP contribution in [-0.4, -0.2) is 28.3 Å². The lowest BCUT2D eigenvalue weighted by molar-refractivity contribution is -0.00306. The molecule has 1 fully saturated rings. The maximum atomic E-state index is 10.7. The van der Waals surface area contributed by atoms with Gasteiger partial charge in [0.05, 0.1) is 10.6 Å². The van der Waals surface area contributed by atoms with Crippen LogP contribution in [0.5, 0.6) is 0 Å². The van der Waals surface area contributed by atoms with E-state index in [0.29, 0.717) is 17.5 Å². The average molecular weight is 283 g/mol. The highest BCUT2D eigenvalue weighted by molar-refractivity contribution is 6.31. The first kappa shape index (κ1) is 14.8. The van der Waals surface area contributed by atoms with Crippen LogP contribution in [0.1, 0.15) is 44.6 Å². The van der Waals surface area contributed by atoms with Crippen LogP contribution < -0.4 is 5.32 Å². The van der Waals surface area contributed by atoms with Crippen LogP contribution in [0.4, 0.5) is 0 Å². The van der Waals surface area contributed by atoms with Gasteiger partial charge in [-0.3, -0.25) is 4.98 Å². The summed E-state index contributed by atoms with van der Waals surface area (Å²) in [5, 5.41) is 14.9. The van der Waals surface area contributed by atoms with Crippen LogP contribution in [-0.2, 0) is 6.42 Å². The highest BCUT2D eigenvalue weighted by Crippen LogP contribution is 2.32. The Kier molecular flexibility index (Phi) is 5.20. The van der Waals surface area contributed by atoms with Crippen molar-refractivity contribution in [2.45, 2.75) is 57.1 Å². The largest absolute Gasteiger partial charge is 0.390 e. The maximum absolute atomic E-state index is 10.7. The van der Waals surface area contributed by atoms with E-state index in [1.165, 1.54) is 0 Å². The van der Waals surface area contributed by atoms with Gasteiger partial charge in [-0.2, -0.15) is 0 Å². The topological polar surface area (TPSA) is 45.1 Å². The molecule has 1 aliphatic carbocycles. The molecule has 0 saturated heterocycles. The third kappa shape index (κ3) is 4.16. The molecule has 1 saturated carbocycles. The highest BCUT2D eigenvalue weighted by Gasteiger charge is 2.33. The standard InChI is InChI=1S/C15H23ClN2O/c1-2-8-18-13-3-6-15(19,7-4-13)10-12-5-9-17-11-14(12)16/h5,9,11,13,18-19H,2-4,6-8,10H2,1H3. The van der Waals surface area contributed by atoms with Crippen molar-refractivity contribution in [2.75, 3.05) is 6.54 Å². The van der Waals surface area contributed by atoms with Crippen LogP contribution in [0.15, 0.2) is 18.5 Å². The number of rotatable bonds is 5. The molecule has 2 N–H and O–H groups in total. The lowest BCUT2D eigenvalue weighted by Gasteiger charge is -2.36. The van der Waals surface area contributed by atoms with Crippen molar-refractivity contribution >= 4 is 11.6 Å². The lowest BCUT2D eigenvalue weighted by atomic mass is 9.78. The summed E-state index contributed by atoms with van der Waals surface area (Å²) < 4.78 is 0. The van der Waals surface area contributed by atoms with Crippen molar-refractivity contribution in [3.8, 4) is 0 Å². The van der Waals surface area contributed by atoms with Crippen molar-refractivity contribution in [1.29, 1.82) is 0 Å². The number of halogens is 1. The van der Waals surface area contributed by atoms with Gasteiger partial charge in [-0.25, -0.2) is 0 Å². The minimum atomic E-state index is -0.602. The van der Waals surface area contributed by atoms with Crippen LogP contribution in [0.2, 0.25) is 5.02 Å². The first-order valence-electron chi connectivity index (χ1n) is 7.17. The molecule has 4 heteroatoms. The molecule has 0 spiro atoms. The molecule has 1 aromatic rings. The van der Waals surface area contributed by atoms with Crippen molar-refractivity contribution in [3.63, 3.8) is 0 Å². The zero-order valence-corrected chi connectivity index (χ0v) is 12.3. The molecule has 19 heavy (non-hydrogen) atoms. The van der Waals surface area contributed by atoms with Gasteiger partial charge in [0.25, 0.3) is 0 Å². The predicted octanol–water partition coefficient (Wildman–Crippen LogP) is 2.95. The monoisotopic (exact) mass is 282 g/mol. The summed E-state index contributed by atoms with van der Waals surface area (Å²) in [6.45, 7) is 3.25. The van der Waals surface area contributed by atoms with E-state index in [9.17, 15) is 5.11 Å². The second kappa shape index (κ2) is 6.69. The Labute approximate surface area is 120 Å². The molecule has 1 heterocycles. The zero-order chi connectivity index (χ0) is 13.7. The third-order valence-electron chi connectivity index (χ3n) is 3.98. The van der Waals surface area contributed by atoms with Gasteiger partial charge in [0.15, 0.2) is 0 Å². The Balaban J connectivity index is 1.90. The number of aromatic nitrogens is 1. The van der Waals surface area contributed by atoms with Gasteiger partial charge < -0.3 is 10.4 Å². The van der Waals surface area contributed by atoms with Crippen molar-refractivity contribution in [3.05, 3.63) is 29.0 Å². The first-order valence-corrected chi connectivity index (χ1v) is 7.55. The van der Waals surface area contributed by atoms with Crippen molar-refractivity contribution in [1.82, 2.24) is 10.3 Å². The Morgan fingerprint density at radius 2 is 2.21 bits per heavy atom. The van der Waals surface area contributed by atoms with Gasteiger partial charge in [0.1, 0.15) is 0 Å². The van der Waals surface area contributed by atoms with Gasteiger partial charge in [-0.15, -0.1) is 0 Å². The van der Waals surface area contributed by atoms with Crippen molar-refractivity contribution in [2.24, 2.45) is 0 Å². The Morgan fingerprint density at radius 3 is 2.84 bits per heavy atom. The molecule has 1 aromatic heterocycles. The maximum Gasteiger partial charge on any atom is 0.0689 e. The summed E-state index contributed by atoms with van der Waals surface area (Å²) in [5.74, 6) is 0. The smallest absolute Gasteiger partial charge is 0.0689 e. The normalized spacial score (nSPS) is 27.4. The van der Waals surface area contributed by atoms with Gasteiger partial charge in [-0.05, 0) is 50.3 Å². The fourth-order valence-corrected chi connectivity index (χ4v) is 2.97. The van der Waals surface area contributed by atoms with E-state index in [2.05, 4.69) is 17.2 Å². The zero-order valence-electron chi connectivity index (χ0n) is 11.5. The lowest BCUT2D eigenvalue weighted by Crippen LogP contribution is -2.42. The third-order valence-corrected chi connectivity index (χ3v) is 4.32. The Hall–Kier alpha value is -0.640. The predicted molar refractivity (Wildman–Crippen MR) is 78.5 cm³/mol. The molecule has 0 atom stereocenters. The summed E-state index contributed by atoms with van der Waals surface area (Å²) in [6.07, 6.45) is 8.94. The molecule has 3 nitrogen and oxygen atoms in total. The number of aliphatic hydroxyl groups is 1. The van der Waals surface area contributed by atoms with Crippen LogP contribution in [0.25, 0.3) is 0 Å². The number of hydrogen-bond donors (Lipinski definition) is 2. The molecule has 0 aromatic carbocycles. The molecule has 2 rings (SSSR count). The van der Waals surface area contributed by atoms with Crippen LogP contribution in [0.3, 0.4) is 0 Å². The number of hydrogen-bond acceptors (Lipinski definition) is 3. The number of nitrogens with one attached hydrogen (secondary N) is 1. The molecule has 0 amide bonds. The molecular formula is C15H23ClN2O. The van der Waals surface area contributed by atoms with E-state index >= 15 is 0 Å². The Morgan fingerprint density at radius 1 is 1.47 bits per heavy atom. The average Bonchev–Trinajstić information content (AvgIpc) is 2.41. The van der Waals surface area contributed by atoms with E-state index in [4.69, 9.17) is 11.6 Å². The fourth-order valence-electron chi connectivity index (χ4n) is 2.79. The molecule has 0 bridgehead atoms. The van der Waals surface area contributed by atoms with E-state index in [1.54, 1.807) is 12.4 Å². The number of nitrogens with zero attached hydrogens (tertiary/aromatic N) is 1. The summed E-state index contributed by atoms with van der Waals surface area (Å²) >= 11 is 6.12. The van der Waals surface area contributed by atoms with Crippen LogP contribution >= 0.6 is 11.6 Å². The minimum Gasteiger partial charge on any atom is -0.390 e. The molecule has 106 valence electrons. The minimum absolute atomic E-state index is 0.563. The first-order chi connectivity index (χ1) is 9.13. The molecular weight excluding hydrogens is 260 g/mol. The highest BCUT2D eigenvalue weighted by atomic mass is 35.5. The summed E-state index contributed by atoms with van der Waals surface area (Å²) in [6, 6.07) is 2.47. The summed E-state index contributed by atoms with van der Waals surface area (Å²) in [7, 11) is 0. The Bertz CT molecular complexity index is 403. The molecule has 1 aliphatic rings. The van der Waals surface area contributed by atoms with Crippen LogP contribution in [0, 0.1) is 0 Å². The van der Waals surface area contributed by atoms with E-state index in [1.807, 2.05) is 6.07 Å². The summed E-state index contributed by atoms with van der Waals surface area (Å²) in [5.41, 5.74) is 0.397. The van der Waals surface area contributed by atoms with Crippen molar-refractivity contribution < 1.29 is 5.11 Å². The molecule has 0 unspecified atom stereocenters. The van der Waals surface area contributed by atoms with E-state index < -0.39 is 5.60 Å². The van der Waals surface area contributed by atoms with Gasteiger partial charge in [0.2, 0.25) is 0 Å². The van der Waals surface area contributed by atoms with Gasteiger partial charge in [0, 0.05) is 24.9 Å². The second-order valence-corrected chi connectivity index (χ2v) is 6.00. The molecule has 0 radical (unpaired) electrons. The molecule has 0 aliphatic heterocycles. The quantitative estimate of drug-likeness (QED) is 0.873. The van der Waals surface area contributed by atoms with Gasteiger partial charge >= 0.3 is 0 Å². The van der Waals surface area contributed by atoms with E-state index in [-0.39, 0.29) is 0 Å². The van der Waals surface area contributed by atoms with E-state index in [0.717, 1.165) is 44.2 Å². The fraction of sp³-hybridized carbons (Fsp3) is 0.667.